The quantitative estimate of drug-likeness (QED) is 0.715. The van der Waals surface area contributed by atoms with E-state index in [2.05, 4.69) is 0 Å². The number of aliphatic hydroxyl groups is 2. The second kappa shape index (κ2) is 6.71. The van der Waals surface area contributed by atoms with Gasteiger partial charge in [-0.25, -0.2) is 0 Å². The fourth-order valence-electron chi connectivity index (χ4n) is 2.98. The van der Waals surface area contributed by atoms with E-state index in [1.807, 2.05) is 20.8 Å². The smallest absolute Gasteiger partial charge is 0.389 e. The minimum absolute atomic E-state index is 0.275. The molecule has 1 aliphatic rings. The second-order valence-electron chi connectivity index (χ2n) is 6.92. The average Bonchev–Trinajstić information content (AvgIpc) is 2.34. The number of hydrogen-bond donors (Lipinski definition) is 2. The molecule has 0 spiro atoms. The first-order valence-corrected chi connectivity index (χ1v) is 7.54. The van der Waals surface area contributed by atoms with Gasteiger partial charge in [-0.1, -0.05) is 31.6 Å². The van der Waals surface area contributed by atoms with Crippen LogP contribution in [0.15, 0.2) is 23.3 Å². The maximum Gasteiger partial charge on any atom is 0.426 e. The van der Waals surface area contributed by atoms with Gasteiger partial charge in [-0.05, 0) is 37.2 Å². The van der Waals surface area contributed by atoms with Gasteiger partial charge in [0.25, 0.3) is 5.60 Å². The van der Waals surface area contributed by atoms with Gasteiger partial charge in [0, 0.05) is 6.42 Å². The third kappa shape index (κ3) is 4.33. The fraction of sp³-hybridized carbons (Fsp3) is 0.750. The summed E-state index contributed by atoms with van der Waals surface area (Å²) in [6.07, 6.45) is -11.0. The zero-order valence-corrected chi connectivity index (χ0v) is 13.7. The number of allylic oxidation sites excluding steroid dienone is 3. The number of rotatable bonds is 4. The third-order valence-electron chi connectivity index (χ3n) is 4.47. The lowest BCUT2D eigenvalue weighted by molar-refractivity contribution is -0.373. The molecule has 0 aliphatic heterocycles. The Labute approximate surface area is 136 Å². The van der Waals surface area contributed by atoms with Crippen LogP contribution in [0.3, 0.4) is 0 Å². The third-order valence-corrected chi connectivity index (χ3v) is 4.47. The highest BCUT2D eigenvalue weighted by atomic mass is 19.4. The summed E-state index contributed by atoms with van der Waals surface area (Å²) >= 11 is 0. The highest BCUT2D eigenvalue weighted by Gasteiger charge is 2.70. The Kier molecular flexibility index (Phi) is 5.88. The molecule has 1 rings (SSSR count). The summed E-state index contributed by atoms with van der Waals surface area (Å²) in [5.74, 6) is 0. The van der Waals surface area contributed by atoms with Crippen molar-refractivity contribution in [1.82, 2.24) is 0 Å². The fourth-order valence-corrected chi connectivity index (χ4v) is 2.98. The van der Waals surface area contributed by atoms with Crippen molar-refractivity contribution >= 4 is 0 Å². The lowest BCUT2D eigenvalue weighted by atomic mass is 9.72. The highest BCUT2D eigenvalue weighted by molar-refractivity contribution is 5.33. The van der Waals surface area contributed by atoms with Crippen molar-refractivity contribution in [3.8, 4) is 0 Å². The first-order valence-electron chi connectivity index (χ1n) is 7.54. The maximum absolute atomic E-state index is 12.6. The first kappa shape index (κ1) is 21.0. The molecule has 0 aromatic heterocycles. The monoisotopic (exact) mass is 360 g/mol. The molecule has 1 atom stereocenters. The molecule has 24 heavy (non-hydrogen) atoms. The Balaban J connectivity index is 3.01. The van der Waals surface area contributed by atoms with Crippen LogP contribution >= 0.6 is 0 Å². The Bertz CT molecular complexity index is 500. The number of aliphatic hydroxyl groups excluding tert-OH is 1. The van der Waals surface area contributed by atoms with Gasteiger partial charge in [-0.2, -0.15) is 26.3 Å². The zero-order chi connectivity index (χ0) is 19.0. The average molecular weight is 360 g/mol. The molecule has 0 aromatic carbocycles. The minimum atomic E-state index is -5.93. The van der Waals surface area contributed by atoms with Gasteiger partial charge in [-0.3, -0.25) is 0 Å². The normalized spacial score (nSPS) is 21.5. The van der Waals surface area contributed by atoms with Crippen molar-refractivity contribution in [2.45, 2.75) is 70.5 Å². The maximum atomic E-state index is 12.6. The standard InChI is InChI=1S/C16H22F6O2/c1-10-5-4-8-13(2,3)12(10)7-6-11(23)9-14(24,15(17,18)19)16(20,21)22/h6-7,11,23-24H,4-5,8-9H2,1-3H3/b7-6-/t11-/m0/s1. The van der Waals surface area contributed by atoms with Gasteiger partial charge in [0.05, 0.1) is 6.10 Å². The van der Waals surface area contributed by atoms with Gasteiger partial charge in [0.1, 0.15) is 0 Å². The molecule has 2 N–H and O–H groups in total. The van der Waals surface area contributed by atoms with E-state index in [9.17, 15) is 31.4 Å². The van der Waals surface area contributed by atoms with Crippen molar-refractivity contribution in [3.63, 3.8) is 0 Å². The predicted octanol–water partition coefficient (Wildman–Crippen LogP) is 4.68. The first-order chi connectivity index (χ1) is 10.6. The van der Waals surface area contributed by atoms with E-state index < -0.39 is 30.5 Å². The van der Waals surface area contributed by atoms with Crippen molar-refractivity contribution in [1.29, 1.82) is 0 Å². The van der Waals surface area contributed by atoms with Crippen LogP contribution in [0.4, 0.5) is 26.3 Å². The van der Waals surface area contributed by atoms with Gasteiger partial charge < -0.3 is 10.2 Å². The number of halogens is 6. The Morgan fingerprint density at radius 3 is 2.04 bits per heavy atom. The molecule has 0 saturated heterocycles. The van der Waals surface area contributed by atoms with Crippen LogP contribution in [0.2, 0.25) is 0 Å². The summed E-state index contributed by atoms with van der Waals surface area (Å²) in [5, 5.41) is 18.7. The van der Waals surface area contributed by atoms with Crippen molar-refractivity contribution in [2.24, 2.45) is 5.41 Å². The van der Waals surface area contributed by atoms with E-state index in [0.29, 0.717) is 0 Å². The van der Waals surface area contributed by atoms with E-state index in [0.717, 1.165) is 36.5 Å². The molecular formula is C16H22F6O2. The summed E-state index contributed by atoms with van der Waals surface area (Å²) in [6.45, 7) is 5.68. The highest BCUT2D eigenvalue weighted by Crippen LogP contribution is 2.46. The predicted molar refractivity (Wildman–Crippen MR) is 77.2 cm³/mol. The van der Waals surface area contributed by atoms with Gasteiger partial charge in [-0.15, -0.1) is 0 Å². The molecule has 8 heteroatoms. The van der Waals surface area contributed by atoms with Crippen LogP contribution in [0.5, 0.6) is 0 Å². The molecular weight excluding hydrogens is 338 g/mol. The molecule has 0 aromatic rings. The van der Waals surface area contributed by atoms with Crippen LogP contribution in [0.1, 0.15) is 46.5 Å². The van der Waals surface area contributed by atoms with Crippen molar-refractivity contribution in [3.05, 3.63) is 23.3 Å². The molecule has 0 saturated carbocycles. The molecule has 0 bridgehead atoms. The summed E-state index contributed by atoms with van der Waals surface area (Å²) < 4.78 is 75.8. The van der Waals surface area contributed by atoms with E-state index in [4.69, 9.17) is 5.11 Å². The van der Waals surface area contributed by atoms with Crippen LogP contribution in [-0.2, 0) is 0 Å². The number of alkyl halides is 6. The Morgan fingerprint density at radius 2 is 1.62 bits per heavy atom. The largest absolute Gasteiger partial charge is 0.426 e. The topological polar surface area (TPSA) is 40.5 Å². The molecule has 0 unspecified atom stereocenters. The Morgan fingerprint density at radius 1 is 1.12 bits per heavy atom. The minimum Gasteiger partial charge on any atom is -0.389 e. The molecule has 0 radical (unpaired) electrons. The van der Waals surface area contributed by atoms with Crippen molar-refractivity contribution in [2.75, 3.05) is 0 Å². The van der Waals surface area contributed by atoms with Crippen LogP contribution in [0.25, 0.3) is 0 Å². The van der Waals surface area contributed by atoms with E-state index >= 15 is 0 Å². The van der Waals surface area contributed by atoms with E-state index in [-0.39, 0.29) is 5.41 Å². The van der Waals surface area contributed by atoms with Crippen LogP contribution in [0, 0.1) is 5.41 Å². The lowest BCUT2D eigenvalue weighted by Crippen LogP contribution is -2.58. The summed E-state index contributed by atoms with van der Waals surface area (Å²) in [4.78, 5) is 0. The van der Waals surface area contributed by atoms with Gasteiger partial charge >= 0.3 is 12.4 Å². The van der Waals surface area contributed by atoms with Gasteiger partial charge in [0.15, 0.2) is 0 Å². The SMILES string of the molecule is CC1=C(/C=C\[C@H](O)CC(O)(C(F)(F)F)C(F)(F)F)C(C)(C)CCC1. The number of hydrogen-bond acceptors (Lipinski definition) is 2. The molecule has 0 amide bonds. The summed E-state index contributed by atoms with van der Waals surface area (Å²) in [6, 6.07) is 0. The zero-order valence-electron chi connectivity index (χ0n) is 13.7. The summed E-state index contributed by atoms with van der Waals surface area (Å²) in [7, 11) is 0. The van der Waals surface area contributed by atoms with E-state index in [1.165, 1.54) is 6.08 Å². The molecule has 1 aliphatic carbocycles. The van der Waals surface area contributed by atoms with E-state index in [1.54, 1.807) is 0 Å². The molecule has 0 fully saturated rings. The molecule has 0 heterocycles. The second-order valence-corrected chi connectivity index (χ2v) is 6.92. The lowest BCUT2D eigenvalue weighted by Gasteiger charge is -2.34. The molecule has 2 nitrogen and oxygen atoms in total. The Hall–Kier alpha value is -1.02. The van der Waals surface area contributed by atoms with Gasteiger partial charge in [0.2, 0.25) is 0 Å². The van der Waals surface area contributed by atoms with Crippen molar-refractivity contribution < 1.29 is 36.6 Å². The molecule has 140 valence electrons. The summed E-state index contributed by atoms with van der Waals surface area (Å²) in [5.41, 5.74) is -3.45. The van der Waals surface area contributed by atoms with Crippen LogP contribution < -0.4 is 0 Å². The van der Waals surface area contributed by atoms with Crippen LogP contribution in [-0.4, -0.2) is 34.3 Å².